The number of furan rings is 1. The van der Waals surface area contributed by atoms with Crippen LogP contribution in [0.2, 0.25) is 0 Å². The summed E-state index contributed by atoms with van der Waals surface area (Å²) in [6, 6.07) is 10.2. The zero-order valence-corrected chi connectivity index (χ0v) is 19.1. The minimum Gasteiger partial charge on any atom is -0.459 e. The molecule has 1 aromatic carbocycles. The topological polar surface area (TPSA) is 68.0 Å². The van der Waals surface area contributed by atoms with Crippen molar-refractivity contribution >= 4 is 40.9 Å². The second-order valence-corrected chi connectivity index (χ2v) is 7.04. The summed E-state index contributed by atoms with van der Waals surface area (Å²) in [5.74, 6) is 2.33. The molecule has 2 heterocycles. The van der Waals surface area contributed by atoms with Gasteiger partial charge in [-0.05, 0) is 44.2 Å². The molecule has 1 unspecified atom stereocenters. The summed E-state index contributed by atoms with van der Waals surface area (Å²) in [5, 5.41) is 7.83. The Morgan fingerprint density at radius 1 is 1.29 bits per heavy atom. The Hall–Kier alpha value is -1.32. The van der Waals surface area contributed by atoms with Crippen molar-refractivity contribution in [2.75, 3.05) is 40.0 Å². The fourth-order valence-corrected chi connectivity index (χ4v) is 3.23. The molecule has 28 heavy (non-hydrogen) atoms. The van der Waals surface area contributed by atoms with Crippen LogP contribution in [0.5, 0.6) is 0 Å². The highest BCUT2D eigenvalue weighted by molar-refractivity contribution is 14.0. The fraction of sp³-hybridized carbons (Fsp3) is 0.571. The molecule has 0 radical (unpaired) electrons. The Labute approximate surface area is 184 Å². The molecule has 1 saturated heterocycles. The Bertz CT molecular complexity index is 696. The van der Waals surface area contributed by atoms with Gasteiger partial charge in [-0.3, -0.25) is 4.99 Å². The van der Waals surface area contributed by atoms with Crippen molar-refractivity contribution in [3.05, 3.63) is 36.1 Å². The molecule has 3 rings (SSSR count). The summed E-state index contributed by atoms with van der Waals surface area (Å²) in [4.78, 5) is 4.30. The summed E-state index contributed by atoms with van der Waals surface area (Å²) in [7, 11) is 1.78. The van der Waals surface area contributed by atoms with Crippen LogP contribution in [-0.4, -0.2) is 46.0 Å². The van der Waals surface area contributed by atoms with Crippen LogP contribution in [0.1, 0.15) is 38.0 Å². The van der Waals surface area contributed by atoms with Crippen LogP contribution < -0.4 is 10.6 Å². The van der Waals surface area contributed by atoms with Crippen molar-refractivity contribution in [2.45, 2.75) is 32.2 Å². The van der Waals surface area contributed by atoms with E-state index in [0.717, 1.165) is 74.9 Å². The minimum atomic E-state index is 0. The van der Waals surface area contributed by atoms with Gasteiger partial charge in [-0.15, -0.1) is 24.0 Å². The molecule has 2 N–H and O–H groups in total. The second kappa shape index (κ2) is 12.3. The number of ether oxygens (including phenoxy) is 2. The Morgan fingerprint density at radius 2 is 2.07 bits per heavy atom. The monoisotopic (exact) mass is 501 g/mol. The first-order valence-electron chi connectivity index (χ1n) is 9.87. The molecule has 1 fully saturated rings. The van der Waals surface area contributed by atoms with E-state index in [-0.39, 0.29) is 30.0 Å². The van der Waals surface area contributed by atoms with E-state index in [1.165, 1.54) is 0 Å². The normalized spacial score (nSPS) is 16.6. The van der Waals surface area contributed by atoms with Crippen molar-refractivity contribution in [3.63, 3.8) is 0 Å². The Balaban J connectivity index is 0.00000280. The van der Waals surface area contributed by atoms with Gasteiger partial charge in [-0.25, -0.2) is 0 Å². The molecular weight excluding hydrogens is 469 g/mol. The van der Waals surface area contributed by atoms with Gasteiger partial charge >= 0.3 is 0 Å². The summed E-state index contributed by atoms with van der Waals surface area (Å²) in [6.45, 7) is 6.25. The van der Waals surface area contributed by atoms with Gasteiger partial charge in [0, 0.05) is 45.4 Å². The second-order valence-electron chi connectivity index (χ2n) is 7.04. The van der Waals surface area contributed by atoms with E-state index in [1.54, 1.807) is 7.05 Å². The Morgan fingerprint density at radius 3 is 2.82 bits per heavy atom. The lowest BCUT2D eigenvalue weighted by Gasteiger charge is -2.21. The quantitative estimate of drug-likeness (QED) is 0.247. The highest BCUT2D eigenvalue weighted by Gasteiger charge is 2.14. The van der Waals surface area contributed by atoms with E-state index in [4.69, 9.17) is 13.9 Å². The molecule has 156 valence electrons. The van der Waals surface area contributed by atoms with E-state index in [2.05, 4.69) is 34.7 Å². The number of hydrogen-bond acceptors (Lipinski definition) is 4. The molecule has 1 aromatic heterocycles. The van der Waals surface area contributed by atoms with E-state index in [0.29, 0.717) is 5.92 Å². The third-order valence-corrected chi connectivity index (χ3v) is 4.90. The molecule has 1 aliphatic rings. The summed E-state index contributed by atoms with van der Waals surface area (Å²) < 4.78 is 17.1. The number of nitrogens with zero attached hydrogens (tertiary/aromatic N) is 1. The maximum absolute atomic E-state index is 5.92. The number of nitrogens with one attached hydrogen (secondary N) is 2. The number of guanidine groups is 1. The van der Waals surface area contributed by atoms with Crippen LogP contribution in [0.4, 0.5) is 0 Å². The molecular formula is C21H32IN3O3. The third kappa shape index (κ3) is 6.93. The number of benzene rings is 1. The van der Waals surface area contributed by atoms with Crippen molar-refractivity contribution in [1.29, 1.82) is 0 Å². The number of para-hydroxylation sites is 1. The summed E-state index contributed by atoms with van der Waals surface area (Å²) >= 11 is 0. The maximum atomic E-state index is 5.92. The highest BCUT2D eigenvalue weighted by Crippen LogP contribution is 2.23. The van der Waals surface area contributed by atoms with Crippen LogP contribution in [0, 0.1) is 5.92 Å². The van der Waals surface area contributed by atoms with E-state index in [1.807, 2.05) is 18.2 Å². The predicted octanol–water partition coefficient (Wildman–Crippen LogP) is 4.11. The van der Waals surface area contributed by atoms with Gasteiger partial charge in [0.2, 0.25) is 0 Å². The minimum absolute atomic E-state index is 0. The first kappa shape index (κ1) is 23.0. The first-order chi connectivity index (χ1) is 13.3. The first-order valence-corrected chi connectivity index (χ1v) is 9.87. The van der Waals surface area contributed by atoms with Crippen LogP contribution in [0.25, 0.3) is 11.0 Å². The largest absolute Gasteiger partial charge is 0.459 e. The molecule has 0 amide bonds. The maximum Gasteiger partial charge on any atom is 0.191 e. The standard InChI is InChI=1S/C21H31N3O3.HI/c1-16(20-14-18-6-3-4-7-19(18)27-20)24-21(22-2)23-10-5-11-26-15-17-8-12-25-13-9-17;/h3-4,6-7,14,16-17H,5,8-13,15H2,1-2H3,(H2,22,23,24);1H. The molecule has 1 aliphatic heterocycles. The number of halogens is 1. The number of fused-ring (bicyclic) bond motifs is 1. The smallest absolute Gasteiger partial charge is 0.191 e. The fourth-order valence-electron chi connectivity index (χ4n) is 3.23. The zero-order valence-electron chi connectivity index (χ0n) is 16.8. The van der Waals surface area contributed by atoms with Gasteiger partial charge < -0.3 is 24.5 Å². The average Bonchev–Trinajstić information content (AvgIpc) is 3.14. The average molecular weight is 501 g/mol. The predicted molar refractivity (Wildman–Crippen MR) is 124 cm³/mol. The van der Waals surface area contributed by atoms with Crippen LogP contribution in [0.3, 0.4) is 0 Å². The van der Waals surface area contributed by atoms with Crippen LogP contribution in [0.15, 0.2) is 39.7 Å². The molecule has 0 bridgehead atoms. The summed E-state index contributed by atoms with van der Waals surface area (Å²) in [5.41, 5.74) is 0.908. The molecule has 1 atom stereocenters. The van der Waals surface area contributed by atoms with Crippen LogP contribution >= 0.6 is 24.0 Å². The zero-order chi connectivity index (χ0) is 18.9. The number of aliphatic imine (C=N–C) groups is 1. The van der Waals surface area contributed by atoms with Crippen molar-refractivity contribution in [3.8, 4) is 0 Å². The lowest BCUT2D eigenvalue weighted by Crippen LogP contribution is -2.39. The molecule has 0 aliphatic carbocycles. The van der Waals surface area contributed by atoms with E-state index in [9.17, 15) is 0 Å². The summed E-state index contributed by atoms with van der Waals surface area (Å²) in [6.07, 6.45) is 3.19. The molecule has 7 heteroatoms. The third-order valence-electron chi connectivity index (χ3n) is 4.90. The van der Waals surface area contributed by atoms with Crippen molar-refractivity contribution in [1.82, 2.24) is 10.6 Å². The molecule has 0 spiro atoms. The van der Waals surface area contributed by atoms with Crippen molar-refractivity contribution < 1.29 is 13.9 Å². The number of rotatable bonds is 8. The SMILES string of the molecule is CN=C(NCCCOCC1CCOCC1)NC(C)c1cc2ccccc2o1.I. The Kier molecular flexibility index (Phi) is 10.1. The molecule has 2 aromatic rings. The van der Waals surface area contributed by atoms with E-state index >= 15 is 0 Å². The molecule has 0 saturated carbocycles. The number of hydrogen-bond donors (Lipinski definition) is 2. The van der Waals surface area contributed by atoms with E-state index < -0.39 is 0 Å². The van der Waals surface area contributed by atoms with Gasteiger partial charge in [-0.2, -0.15) is 0 Å². The van der Waals surface area contributed by atoms with Gasteiger partial charge in [0.25, 0.3) is 0 Å². The lowest BCUT2D eigenvalue weighted by atomic mass is 10.0. The van der Waals surface area contributed by atoms with Gasteiger partial charge in [0.05, 0.1) is 6.04 Å². The highest BCUT2D eigenvalue weighted by atomic mass is 127. The molecule has 6 nitrogen and oxygen atoms in total. The van der Waals surface area contributed by atoms with Crippen molar-refractivity contribution in [2.24, 2.45) is 10.9 Å². The van der Waals surface area contributed by atoms with Crippen LogP contribution in [-0.2, 0) is 9.47 Å². The van der Waals surface area contributed by atoms with Gasteiger partial charge in [0.1, 0.15) is 11.3 Å². The lowest BCUT2D eigenvalue weighted by molar-refractivity contribution is 0.0203. The van der Waals surface area contributed by atoms with Gasteiger partial charge in [0.15, 0.2) is 5.96 Å². The van der Waals surface area contributed by atoms with Gasteiger partial charge in [-0.1, -0.05) is 18.2 Å².